The van der Waals surface area contributed by atoms with Crippen molar-refractivity contribution >= 4 is 11.5 Å². The first kappa shape index (κ1) is 13.0. The summed E-state index contributed by atoms with van der Waals surface area (Å²) in [7, 11) is 0. The van der Waals surface area contributed by atoms with Gasteiger partial charge < -0.3 is 0 Å². The van der Waals surface area contributed by atoms with Gasteiger partial charge in [0.2, 0.25) is 0 Å². The van der Waals surface area contributed by atoms with Gasteiger partial charge in [-0.15, -0.1) is 0 Å². The van der Waals surface area contributed by atoms with Gasteiger partial charge in [-0.1, -0.05) is 45.0 Å². The van der Waals surface area contributed by atoms with E-state index in [1.165, 1.54) is 5.56 Å². The molecule has 0 radical (unpaired) electrons. The van der Waals surface area contributed by atoms with E-state index in [0.29, 0.717) is 0 Å². The third-order valence-electron chi connectivity index (χ3n) is 2.79. The van der Waals surface area contributed by atoms with Crippen LogP contribution in [0.15, 0.2) is 34.3 Å². The van der Waals surface area contributed by atoms with Gasteiger partial charge in [0.15, 0.2) is 5.84 Å². The van der Waals surface area contributed by atoms with E-state index in [4.69, 9.17) is 9.98 Å². The summed E-state index contributed by atoms with van der Waals surface area (Å²) in [6, 6.07) is 8.38. The van der Waals surface area contributed by atoms with Crippen molar-refractivity contribution in [1.82, 2.24) is 0 Å². The first-order chi connectivity index (χ1) is 8.18. The molecule has 2 nitrogen and oxygen atoms in total. The number of rotatable bonds is 0. The Kier molecular flexibility index (Phi) is 2.92. The quantitative estimate of drug-likeness (QED) is 0.655. The Morgan fingerprint density at radius 1 is 0.889 bits per heavy atom. The molecule has 0 aromatic heterocycles. The van der Waals surface area contributed by atoms with Crippen LogP contribution in [0, 0.1) is 5.41 Å². The van der Waals surface area contributed by atoms with Crippen molar-refractivity contribution in [3.63, 3.8) is 0 Å². The summed E-state index contributed by atoms with van der Waals surface area (Å²) >= 11 is 0. The zero-order valence-corrected chi connectivity index (χ0v) is 12.2. The molecule has 2 heteroatoms. The fraction of sp³-hybridized carbons (Fsp3) is 0.500. The molecule has 0 fully saturated rings. The van der Waals surface area contributed by atoms with Crippen molar-refractivity contribution < 1.29 is 0 Å². The van der Waals surface area contributed by atoms with E-state index in [0.717, 1.165) is 17.1 Å². The summed E-state index contributed by atoms with van der Waals surface area (Å²) < 4.78 is 0. The molecule has 1 aromatic carbocycles. The topological polar surface area (TPSA) is 24.7 Å². The number of benzene rings is 1. The van der Waals surface area contributed by atoms with E-state index in [2.05, 4.69) is 65.8 Å². The van der Waals surface area contributed by atoms with Crippen LogP contribution in [0.2, 0.25) is 0 Å². The zero-order valence-electron chi connectivity index (χ0n) is 12.2. The minimum atomic E-state index is -0.0979. The highest BCUT2D eigenvalue weighted by atomic mass is 15.0. The van der Waals surface area contributed by atoms with Gasteiger partial charge in [-0.2, -0.15) is 0 Å². The molecular formula is C16H22N2. The molecule has 1 heterocycles. The molecule has 0 amide bonds. The van der Waals surface area contributed by atoms with Gasteiger partial charge in [-0.3, -0.25) is 4.99 Å². The van der Waals surface area contributed by atoms with Crippen LogP contribution in [-0.4, -0.2) is 17.1 Å². The lowest BCUT2D eigenvalue weighted by Crippen LogP contribution is -2.19. The summed E-state index contributed by atoms with van der Waals surface area (Å²) in [6.45, 7) is 12.9. The van der Waals surface area contributed by atoms with E-state index in [1.807, 2.05) is 0 Å². The number of aliphatic imine (C=N–C) groups is 2. The maximum absolute atomic E-state index is 4.78. The minimum absolute atomic E-state index is 0.0469. The molecule has 0 atom stereocenters. The maximum Gasteiger partial charge on any atom is 0.156 e. The van der Waals surface area contributed by atoms with E-state index in [1.54, 1.807) is 0 Å². The van der Waals surface area contributed by atoms with E-state index in [9.17, 15) is 0 Å². The average Bonchev–Trinajstić information content (AvgIpc) is 2.55. The van der Waals surface area contributed by atoms with Gasteiger partial charge in [0.25, 0.3) is 0 Å². The highest BCUT2D eigenvalue weighted by Crippen LogP contribution is 2.30. The third kappa shape index (κ3) is 2.53. The molecule has 18 heavy (non-hydrogen) atoms. The lowest BCUT2D eigenvalue weighted by Gasteiger charge is -2.18. The summed E-state index contributed by atoms with van der Waals surface area (Å²) in [5, 5.41) is 0. The lowest BCUT2D eigenvalue weighted by atomic mass is 9.85. The molecule has 0 spiro atoms. The molecule has 2 rings (SSSR count). The van der Waals surface area contributed by atoms with Crippen LogP contribution in [-0.2, 0) is 0 Å². The van der Waals surface area contributed by atoms with Crippen molar-refractivity contribution in [2.45, 2.75) is 47.1 Å². The first-order valence-electron chi connectivity index (χ1n) is 6.47. The van der Waals surface area contributed by atoms with Crippen LogP contribution in [0.4, 0.5) is 0 Å². The Morgan fingerprint density at radius 3 is 1.94 bits per heavy atom. The second-order valence-corrected chi connectivity index (χ2v) is 6.86. The highest BCUT2D eigenvalue weighted by Gasteiger charge is 2.30. The summed E-state index contributed by atoms with van der Waals surface area (Å²) in [4.78, 5) is 9.52. The Morgan fingerprint density at radius 2 is 1.44 bits per heavy atom. The molecule has 96 valence electrons. The monoisotopic (exact) mass is 242 g/mol. The summed E-state index contributed by atoms with van der Waals surface area (Å²) in [6.07, 6.45) is 0. The van der Waals surface area contributed by atoms with Crippen molar-refractivity contribution in [2.24, 2.45) is 15.4 Å². The second-order valence-electron chi connectivity index (χ2n) is 6.86. The summed E-state index contributed by atoms with van der Waals surface area (Å²) in [5.74, 6) is 0.878. The normalized spacial score (nSPS) is 17.9. The SMILES string of the molecule is CC(C)(C)N=C1N=C(C(C)(C)C)c2ccccc21. The molecule has 0 unspecified atom stereocenters. The minimum Gasteiger partial charge on any atom is -0.260 e. The fourth-order valence-corrected chi connectivity index (χ4v) is 2.09. The van der Waals surface area contributed by atoms with Gasteiger partial charge in [-0.25, -0.2) is 4.99 Å². The average molecular weight is 242 g/mol. The second kappa shape index (κ2) is 4.04. The Hall–Kier alpha value is -1.44. The smallest absolute Gasteiger partial charge is 0.156 e. The third-order valence-corrected chi connectivity index (χ3v) is 2.79. The van der Waals surface area contributed by atoms with Crippen molar-refractivity contribution in [3.8, 4) is 0 Å². The zero-order chi connectivity index (χ0) is 13.6. The van der Waals surface area contributed by atoms with Crippen molar-refractivity contribution in [1.29, 1.82) is 0 Å². The molecule has 0 bridgehead atoms. The predicted octanol–water partition coefficient (Wildman–Crippen LogP) is 4.08. The molecular weight excluding hydrogens is 220 g/mol. The molecule has 1 aromatic rings. The predicted molar refractivity (Wildman–Crippen MR) is 78.7 cm³/mol. The number of fused-ring (bicyclic) bond motifs is 1. The number of nitrogens with zero attached hydrogens (tertiary/aromatic N) is 2. The van der Waals surface area contributed by atoms with Crippen molar-refractivity contribution in [2.75, 3.05) is 0 Å². The van der Waals surface area contributed by atoms with Crippen LogP contribution in [0.1, 0.15) is 52.7 Å². The Balaban J connectivity index is 2.60. The Bertz CT molecular complexity index is 523. The lowest BCUT2D eigenvalue weighted by molar-refractivity contribution is 0.582. The largest absolute Gasteiger partial charge is 0.260 e. The van der Waals surface area contributed by atoms with Gasteiger partial charge in [0.1, 0.15) is 0 Å². The standard InChI is InChI=1S/C16H22N2/c1-15(2,3)13-11-9-7-8-10-12(11)14(17-13)18-16(4,5)6/h7-10H,1-6H3. The van der Waals surface area contributed by atoms with E-state index >= 15 is 0 Å². The van der Waals surface area contributed by atoms with Crippen LogP contribution >= 0.6 is 0 Å². The van der Waals surface area contributed by atoms with Gasteiger partial charge in [0.05, 0.1) is 11.3 Å². The van der Waals surface area contributed by atoms with Crippen LogP contribution < -0.4 is 0 Å². The van der Waals surface area contributed by atoms with Crippen LogP contribution in [0.3, 0.4) is 0 Å². The van der Waals surface area contributed by atoms with Gasteiger partial charge >= 0.3 is 0 Å². The molecule has 0 saturated heterocycles. The van der Waals surface area contributed by atoms with Crippen molar-refractivity contribution in [3.05, 3.63) is 35.4 Å². The number of amidine groups is 1. The molecule has 1 aliphatic rings. The van der Waals surface area contributed by atoms with Crippen LogP contribution in [0.25, 0.3) is 0 Å². The number of hydrogen-bond acceptors (Lipinski definition) is 1. The molecule has 1 aliphatic heterocycles. The highest BCUT2D eigenvalue weighted by molar-refractivity contribution is 6.24. The van der Waals surface area contributed by atoms with E-state index < -0.39 is 0 Å². The van der Waals surface area contributed by atoms with E-state index in [-0.39, 0.29) is 11.0 Å². The molecule has 0 N–H and O–H groups in total. The molecule has 0 aliphatic carbocycles. The molecule has 0 saturated carbocycles. The maximum atomic E-state index is 4.78. The van der Waals surface area contributed by atoms with Gasteiger partial charge in [0, 0.05) is 16.5 Å². The number of hydrogen-bond donors (Lipinski definition) is 0. The van der Waals surface area contributed by atoms with Crippen LogP contribution in [0.5, 0.6) is 0 Å². The fourth-order valence-electron chi connectivity index (χ4n) is 2.09. The summed E-state index contributed by atoms with van der Waals surface area (Å²) in [5.41, 5.74) is 3.48. The van der Waals surface area contributed by atoms with Gasteiger partial charge in [-0.05, 0) is 20.8 Å². The Labute approximate surface area is 110 Å². The first-order valence-corrected chi connectivity index (χ1v) is 6.47.